The number of hydrogen-bond donors (Lipinski definition) is 1. The summed E-state index contributed by atoms with van der Waals surface area (Å²) < 4.78 is 0. The van der Waals surface area contributed by atoms with Gasteiger partial charge >= 0.3 is 0 Å². The van der Waals surface area contributed by atoms with Crippen LogP contribution in [0.1, 0.15) is 44.9 Å². The molecule has 2 aliphatic carbocycles. The van der Waals surface area contributed by atoms with Gasteiger partial charge in [-0.25, -0.2) is 0 Å². The highest BCUT2D eigenvalue weighted by molar-refractivity contribution is 5.84. The highest BCUT2D eigenvalue weighted by atomic mass is 16.2. The number of carbonyl (C=O) groups excluding carboxylic acids is 1. The van der Waals surface area contributed by atoms with Crippen LogP contribution >= 0.6 is 0 Å². The lowest BCUT2D eigenvalue weighted by molar-refractivity contribution is -0.144. The Morgan fingerprint density at radius 2 is 1.84 bits per heavy atom. The van der Waals surface area contributed by atoms with Crippen molar-refractivity contribution in [2.24, 2.45) is 23.2 Å². The zero-order chi connectivity index (χ0) is 12.9. The molecule has 2 unspecified atom stereocenters. The van der Waals surface area contributed by atoms with Crippen molar-refractivity contribution in [2.45, 2.75) is 44.9 Å². The van der Waals surface area contributed by atoms with Crippen LogP contribution in [0.5, 0.6) is 0 Å². The Kier molecular flexibility index (Phi) is 2.87. The van der Waals surface area contributed by atoms with Crippen LogP contribution in [0.25, 0.3) is 0 Å². The van der Waals surface area contributed by atoms with Gasteiger partial charge in [0.15, 0.2) is 0 Å². The molecule has 0 aromatic rings. The van der Waals surface area contributed by atoms with Crippen molar-refractivity contribution in [2.75, 3.05) is 26.2 Å². The lowest BCUT2D eigenvalue weighted by Gasteiger charge is -2.40. The number of carbonyl (C=O) groups is 1. The van der Waals surface area contributed by atoms with E-state index in [4.69, 9.17) is 0 Å². The summed E-state index contributed by atoms with van der Waals surface area (Å²) in [5, 5.41) is 3.51. The van der Waals surface area contributed by atoms with Crippen LogP contribution < -0.4 is 5.32 Å². The number of rotatable bonds is 1. The molecule has 19 heavy (non-hydrogen) atoms. The van der Waals surface area contributed by atoms with Gasteiger partial charge in [0, 0.05) is 19.6 Å². The second-order valence-electron chi connectivity index (χ2n) is 7.39. The molecule has 2 aliphatic heterocycles. The quantitative estimate of drug-likeness (QED) is 0.784. The van der Waals surface area contributed by atoms with Gasteiger partial charge < -0.3 is 10.2 Å². The van der Waals surface area contributed by atoms with Crippen molar-refractivity contribution >= 4 is 5.91 Å². The first kappa shape index (κ1) is 12.2. The summed E-state index contributed by atoms with van der Waals surface area (Å²) in [5.74, 6) is 2.79. The average molecular weight is 262 g/mol. The molecule has 106 valence electrons. The van der Waals surface area contributed by atoms with Crippen LogP contribution in [0.2, 0.25) is 0 Å². The molecule has 0 radical (unpaired) electrons. The van der Waals surface area contributed by atoms with Crippen molar-refractivity contribution in [1.82, 2.24) is 10.2 Å². The van der Waals surface area contributed by atoms with Gasteiger partial charge in [-0.3, -0.25) is 4.79 Å². The van der Waals surface area contributed by atoms with Crippen molar-refractivity contribution in [3.8, 4) is 0 Å². The number of nitrogens with zero attached hydrogens (tertiary/aromatic N) is 1. The number of nitrogens with one attached hydrogen (secondary N) is 1. The smallest absolute Gasteiger partial charge is 0.230 e. The summed E-state index contributed by atoms with van der Waals surface area (Å²) in [6, 6.07) is 0. The highest BCUT2D eigenvalue weighted by Gasteiger charge is 2.53. The predicted octanol–water partition coefficient (Wildman–Crippen LogP) is 2.02. The Hall–Kier alpha value is -0.570. The third-order valence-electron chi connectivity index (χ3n) is 6.48. The molecule has 0 spiro atoms. The molecule has 3 heteroatoms. The van der Waals surface area contributed by atoms with Crippen LogP contribution in [0.3, 0.4) is 0 Å². The first-order valence-corrected chi connectivity index (χ1v) is 8.30. The largest absolute Gasteiger partial charge is 0.342 e. The standard InChI is InChI=1S/C16H26N2O/c19-15(18-9-12-4-3-5-13(12)10-18)16-7-2-1-6-14(16)8-17-11-16/h12-14,17H,1-11H2/t12?,13?,14-,16+/m0/s1. The van der Waals surface area contributed by atoms with Gasteiger partial charge in [0.2, 0.25) is 5.91 Å². The maximum atomic E-state index is 13.1. The summed E-state index contributed by atoms with van der Waals surface area (Å²) in [6.07, 6.45) is 9.10. The lowest BCUT2D eigenvalue weighted by atomic mass is 9.67. The van der Waals surface area contributed by atoms with Gasteiger partial charge in [0.25, 0.3) is 0 Å². The van der Waals surface area contributed by atoms with E-state index >= 15 is 0 Å². The average Bonchev–Trinajstić information content (AvgIpc) is 3.11. The third kappa shape index (κ3) is 1.77. The number of hydrogen-bond acceptors (Lipinski definition) is 2. The maximum absolute atomic E-state index is 13.1. The van der Waals surface area contributed by atoms with Gasteiger partial charge in [0.1, 0.15) is 0 Å². The first-order chi connectivity index (χ1) is 9.29. The molecule has 0 aromatic heterocycles. The SMILES string of the molecule is O=C(N1CC2CCCC2C1)[C@@]12CCCC[C@H]1CNC2. The van der Waals surface area contributed by atoms with E-state index in [1.165, 1.54) is 38.5 Å². The van der Waals surface area contributed by atoms with E-state index in [2.05, 4.69) is 10.2 Å². The molecule has 1 amide bonds. The van der Waals surface area contributed by atoms with E-state index in [9.17, 15) is 4.79 Å². The van der Waals surface area contributed by atoms with E-state index in [0.29, 0.717) is 11.8 Å². The molecular formula is C16H26N2O. The van der Waals surface area contributed by atoms with Gasteiger partial charge in [-0.05, 0) is 50.0 Å². The molecule has 2 saturated carbocycles. The highest BCUT2D eigenvalue weighted by Crippen LogP contribution is 2.47. The minimum atomic E-state index is -0.0170. The van der Waals surface area contributed by atoms with Crippen LogP contribution in [0, 0.1) is 23.2 Å². The summed E-state index contributed by atoms with van der Waals surface area (Å²) in [5.41, 5.74) is -0.0170. The number of amides is 1. The van der Waals surface area contributed by atoms with Gasteiger partial charge in [-0.15, -0.1) is 0 Å². The van der Waals surface area contributed by atoms with Crippen LogP contribution in [-0.2, 0) is 4.79 Å². The molecule has 0 bridgehead atoms. The fourth-order valence-electron chi connectivity index (χ4n) is 5.38. The Balaban J connectivity index is 1.53. The van der Waals surface area contributed by atoms with E-state index in [0.717, 1.165) is 44.4 Å². The Morgan fingerprint density at radius 3 is 2.63 bits per heavy atom. The van der Waals surface area contributed by atoms with E-state index in [1.54, 1.807) is 0 Å². The minimum Gasteiger partial charge on any atom is -0.342 e. The fraction of sp³-hybridized carbons (Fsp3) is 0.938. The molecule has 2 heterocycles. The first-order valence-electron chi connectivity index (χ1n) is 8.30. The molecule has 3 nitrogen and oxygen atoms in total. The summed E-state index contributed by atoms with van der Waals surface area (Å²) >= 11 is 0. The molecule has 4 fully saturated rings. The fourth-order valence-corrected chi connectivity index (χ4v) is 5.38. The molecule has 4 atom stereocenters. The summed E-state index contributed by atoms with van der Waals surface area (Å²) in [6.45, 7) is 4.16. The van der Waals surface area contributed by atoms with E-state index in [-0.39, 0.29) is 5.41 Å². The van der Waals surface area contributed by atoms with Crippen molar-refractivity contribution < 1.29 is 4.79 Å². The normalized spacial score (nSPS) is 45.3. The third-order valence-corrected chi connectivity index (χ3v) is 6.48. The topological polar surface area (TPSA) is 32.3 Å². The summed E-state index contributed by atoms with van der Waals surface area (Å²) in [7, 11) is 0. The van der Waals surface area contributed by atoms with Crippen LogP contribution in [0.15, 0.2) is 0 Å². The molecule has 4 aliphatic rings. The van der Waals surface area contributed by atoms with E-state index in [1.807, 2.05) is 0 Å². The molecule has 1 N–H and O–H groups in total. The molecule has 0 aromatic carbocycles. The van der Waals surface area contributed by atoms with Gasteiger partial charge in [0.05, 0.1) is 5.41 Å². The predicted molar refractivity (Wildman–Crippen MR) is 74.7 cm³/mol. The Labute approximate surface area is 116 Å². The van der Waals surface area contributed by atoms with Crippen LogP contribution in [-0.4, -0.2) is 37.0 Å². The second kappa shape index (κ2) is 4.47. The minimum absolute atomic E-state index is 0.0170. The summed E-state index contributed by atoms with van der Waals surface area (Å²) in [4.78, 5) is 15.4. The molecule has 2 saturated heterocycles. The molecule has 4 rings (SSSR count). The monoisotopic (exact) mass is 262 g/mol. The van der Waals surface area contributed by atoms with E-state index < -0.39 is 0 Å². The Bertz CT molecular complexity index is 371. The van der Waals surface area contributed by atoms with Gasteiger partial charge in [-0.2, -0.15) is 0 Å². The van der Waals surface area contributed by atoms with Crippen molar-refractivity contribution in [1.29, 1.82) is 0 Å². The zero-order valence-electron chi connectivity index (χ0n) is 11.9. The second-order valence-corrected chi connectivity index (χ2v) is 7.39. The van der Waals surface area contributed by atoms with Crippen LogP contribution in [0.4, 0.5) is 0 Å². The van der Waals surface area contributed by atoms with Gasteiger partial charge in [-0.1, -0.05) is 19.3 Å². The number of fused-ring (bicyclic) bond motifs is 2. The lowest BCUT2D eigenvalue weighted by Crippen LogP contribution is -2.49. The van der Waals surface area contributed by atoms with Crippen molar-refractivity contribution in [3.63, 3.8) is 0 Å². The van der Waals surface area contributed by atoms with Crippen molar-refractivity contribution in [3.05, 3.63) is 0 Å². The Morgan fingerprint density at radius 1 is 1.05 bits per heavy atom. The zero-order valence-corrected chi connectivity index (χ0v) is 11.9. The molecular weight excluding hydrogens is 236 g/mol. The number of likely N-dealkylation sites (tertiary alicyclic amines) is 1. The maximum Gasteiger partial charge on any atom is 0.230 e.